The minimum absolute atomic E-state index is 0.134. The highest BCUT2D eigenvalue weighted by atomic mass is 35.5. The van der Waals surface area contributed by atoms with Crippen molar-refractivity contribution in [2.24, 2.45) is 0 Å². The van der Waals surface area contributed by atoms with Gasteiger partial charge in [-0.2, -0.15) is 0 Å². The van der Waals surface area contributed by atoms with Crippen LogP contribution in [0.5, 0.6) is 0 Å². The maximum atomic E-state index is 12.6. The number of carbonyl (C=O) groups is 1. The van der Waals surface area contributed by atoms with Crippen molar-refractivity contribution >= 4 is 51.3 Å². The number of carbonyl (C=O) groups excluding carboxylic acids is 1. The van der Waals surface area contributed by atoms with Gasteiger partial charge in [-0.25, -0.2) is 0 Å². The number of rotatable bonds is 3. The molecule has 0 aliphatic rings. The molecule has 2 heterocycles. The number of fused-ring (bicyclic) bond motifs is 1. The fraction of sp³-hybridized carbons (Fsp3) is 0.188. The number of benzene rings is 1. The summed E-state index contributed by atoms with van der Waals surface area (Å²) in [5, 5.41) is 3.80. The van der Waals surface area contributed by atoms with Crippen molar-refractivity contribution in [2.75, 3.05) is 7.05 Å². The van der Waals surface area contributed by atoms with Gasteiger partial charge in [-0.05, 0) is 42.1 Å². The topological polar surface area (TPSA) is 36.1 Å². The monoisotopic (exact) mass is 352 g/mol. The maximum Gasteiger partial charge on any atom is 0.271 e. The zero-order valence-electron chi connectivity index (χ0n) is 12.1. The van der Waals surface area contributed by atoms with E-state index in [1.807, 2.05) is 18.4 Å². The molecule has 0 aliphatic carbocycles. The minimum atomic E-state index is -0.134. The van der Waals surface area contributed by atoms with Gasteiger partial charge in [0.05, 0.1) is 11.6 Å². The van der Waals surface area contributed by atoms with E-state index in [9.17, 15) is 4.79 Å². The molecule has 0 saturated heterocycles. The number of aromatic amines is 1. The SMILES string of the molecule is Cc1ccsc1CN(C)C(=O)c1[nH]c2ccc(Cl)cc2c1Cl. The molecule has 3 rings (SSSR count). The number of hydrogen-bond acceptors (Lipinski definition) is 2. The van der Waals surface area contributed by atoms with Crippen molar-refractivity contribution in [3.05, 3.63) is 55.8 Å². The molecule has 0 radical (unpaired) electrons. The van der Waals surface area contributed by atoms with Crippen LogP contribution in [-0.4, -0.2) is 22.8 Å². The predicted molar refractivity (Wildman–Crippen MR) is 93.2 cm³/mol. The van der Waals surface area contributed by atoms with Crippen LogP contribution in [0.1, 0.15) is 20.9 Å². The van der Waals surface area contributed by atoms with Crippen LogP contribution in [0.3, 0.4) is 0 Å². The fourth-order valence-electron chi connectivity index (χ4n) is 2.32. The van der Waals surface area contributed by atoms with Crippen LogP contribution in [0.2, 0.25) is 10.0 Å². The highest BCUT2D eigenvalue weighted by Gasteiger charge is 2.20. The Hall–Kier alpha value is -1.49. The molecular weight excluding hydrogens is 339 g/mol. The standard InChI is InChI=1S/C16H14Cl2N2OS/c1-9-5-6-22-13(9)8-20(2)16(21)15-14(18)11-7-10(17)3-4-12(11)19-15/h3-7,19H,8H2,1-2H3. The van der Waals surface area contributed by atoms with Crippen molar-refractivity contribution in [3.8, 4) is 0 Å². The average molecular weight is 353 g/mol. The second-order valence-corrected chi connectivity index (χ2v) is 7.01. The largest absolute Gasteiger partial charge is 0.349 e. The fourth-order valence-corrected chi connectivity index (χ4v) is 3.74. The lowest BCUT2D eigenvalue weighted by Crippen LogP contribution is -2.26. The van der Waals surface area contributed by atoms with Gasteiger partial charge in [0, 0.05) is 27.9 Å². The number of amides is 1. The van der Waals surface area contributed by atoms with Crippen molar-refractivity contribution in [1.82, 2.24) is 9.88 Å². The van der Waals surface area contributed by atoms with Gasteiger partial charge in [-0.15, -0.1) is 11.3 Å². The highest BCUT2D eigenvalue weighted by molar-refractivity contribution is 7.10. The van der Waals surface area contributed by atoms with Crippen LogP contribution in [-0.2, 0) is 6.54 Å². The van der Waals surface area contributed by atoms with Crippen molar-refractivity contribution < 1.29 is 4.79 Å². The van der Waals surface area contributed by atoms with Gasteiger partial charge in [0.2, 0.25) is 0 Å². The van der Waals surface area contributed by atoms with Crippen LogP contribution in [0.25, 0.3) is 10.9 Å². The highest BCUT2D eigenvalue weighted by Crippen LogP contribution is 2.30. The molecule has 0 atom stereocenters. The van der Waals surface area contributed by atoms with Crippen LogP contribution in [0, 0.1) is 6.92 Å². The number of nitrogens with one attached hydrogen (secondary N) is 1. The van der Waals surface area contributed by atoms with E-state index >= 15 is 0 Å². The third-order valence-corrected chi connectivity index (χ3v) is 5.24. The summed E-state index contributed by atoms with van der Waals surface area (Å²) in [5.41, 5.74) is 2.40. The summed E-state index contributed by atoms with van der Waals surface area (Å²) in [7, 11) is 1.77. The number of thiophene rings is 1. The van der Waals surface area contributed by atoms with Crippen LogP contribution in [0.15, 0.2) is 29.6 Å². The first kappa shape index (κ1) is 15.4. The second-order valence-electron chi connectivity index (χ2n) is 5.19. The third-order valence-electron chi connectivity index (χ3n) is 3.61. The van der Waals surface area contributed by atoms with Crippen LogP contribution >= 0.6 is 34.5 Å². The molecule has 0 saturated carbocycles. The van der Waals surface area contributed by atoms with Gasteiger partial charge in [-0.3, -0.25) is 4.79 Å². The molecule has 1 aromatic carbocycles. The molecular formula is C16H14Cl2N2OS. The Kier molecular flexibility index (Phi) is 4.17. The molecule has 3 aromatic rings. The molecule has 1 N–H and O–H groups in total. The normalized spacial score (nSPS) is 11.1. The van der Waals surface area contributed by atoms with E-state index in [-0.39, 0.29) is 5.91 Å². The molecule has 114 valence electrons. The maximum absolute atomic E-state index is 12.6. The van der Waals surface area contributed by atoms with E-state index in [4.69, 9.17) is 23.2 Å². The number of H-pyrrole nitrogens is 1. The second kappa shape index (κ2) is 5.95. The number of aromatic nitrogens is 1. The van der Waals surface area contributed by atoms with Crippen LogP contribution < -0.4 is 0 Å². The summed E-state index contributed by atoms with van der Waals surface area (Å²) < 4.78 is 0. The molecule has 0 spiro atoms. The molecule has 3 nitrogen and oxygen atoms in total. The Morgan fingerprint density at radius 3 is 2.77 bits per heavy atom. The number of halogens is 2. The summed E-state index contributed by atoms with van der Waals surface area (Å²) >= 11 is 14.0. The molecule has 6 heteroatoms. The smallest absolute Gasteiger partial charge is 0.271 e. The first-order chi connectivity index (χ1) is 10.5. The Labute approximate surface area is 142 Å². The molecule has 0 unspecified atom stereocenters. The van der Waals surface area contributed by atoms with Gasteiger partial charge < -0.3 is 9.88 Å². The first-order valence-corrected chi connectivity index (χ1v) is 8.36. The van der Waals surface area contributed by atoms with E-state index in [0.29, 0.717) is 22.3 Å². The van der Waals surface area contributed by atoms with Gasteiger partial charge in [0.1, 0.15) is 5.69 Å². The number of nitrogens with zero attached hydrogens (tertiary/aromatic N) is 1. The summed E-state index contributed by atoms with van der Waals surface area (Å²) in [6, 6.07) is 7.40. The number of hydrogen-bond donors (Lipinski definition) is 1. The van der Waals surface area contributed by atoms with Gasteiger partial charge >= 0.3 is 0 Å². The van der Waals surface area contributed by atoms with Gasteiger partial charge in [0.25, 0.3) is 5.91 Å². The molecule has 2 aromatic heterocycles. The van der Waals surface area contributed by atoms with Crippen molar-refractivity contribution in [1.29, 1.82) is 0 Å². The number of aryl methyl sites for hydroxylation is 1. The lowest BCUT2D eigenvalue weighted by Gasteiger charge is -2.16. The van der Waals surface area contributed by atoms with Gasteiger partial charge in [0.15, 0.2) is 0 Å². The Bertz CT molecular complexity index is 853. The summed E-state index contributed by atoms with van der Waals surface area (Å²) in [6.07, 6.45) is 0. The van der Waals surface area contributed by atoms with E-state index in [1.165, 1.54) is 10.4 Å². The van der Waals surface area contributed by atoms with Crippen molar-refractivity contribution in [2.45, 2.75) is 13.5 Å². The molecule has 1 amide bonds. The summed E-state index contributed by atoms with van der Waals surface area (Å²) in [4.78, 5) is 18.6. The zero-order valence-corrected chi connectivity index (χ0v) is 14.4. The van der Waals surface area contributed by atoms with Crippen LogP contribution in [0.4, 0.5) is 0 Å². The Balaban J connectivity index is 1.91. The summed E-state index contributed by atoms with van der Waals surface area (Å²) in [5.74, 6) is -0.134. The van der Waals surface area contributed by atoms with E-state index in [2.05, 4.69) is 11.1 Å². The van der Waals surface area contributed by atoms with E-state index in [0.717, 1.165) is 10.9 Å². The van der Waals surface area contributed by atoms with E-state index < -0.39 is 0 Å². The first-order valence-electron chi connectivity index (χ1n) is 6.72. The molecule has 22 heavy (non-hydrogen) atoms. The summed E-state index contributed by atoms with van der Waals surface area (Å²) in [6.45, 7) is 2.61. The molecule has 0 bridgehead atoms. The lowest BCUT2D eigenvalue weighted by atomic mass is 10.2. The molecule has 0 fully saturated rings. The quantitative estimate of drug-likeness (QED) is 0.697. The zero-order chi connectivity index (χ0) is 15.9. The lowest BCUT2D eigenvalue weighted by molar-refractivity contribution is 0.0781. The average Bonchev–Trinajstić information content (AvgIpc) is 3.03. The van der Waals surface area contributed by atoms with E-state index in [1.54, 1.807) is 35.4 Å². The minimum Gasteiger partial charge on any atom is -0.349 e. The molecule has 0 aliphatic heterocycles. The Morgan fingerprint density at radius 2 is 2.09 bits per heavy atom. The van der Waals surface area contributed by atoms with Gasteiger partial charge in [-0.1, -0.05) is 23.2 Å². The van der Waals surface area contributed by atoms with Crippen molar-refractivity contribution in [3.63, 3.8) is 0 Å². The third kappa shape index (κ3) is 2.74. The Morgan fingerprint density at radius 1 is 1.32 bits per heavy atom. The predicted octanol–water partition coefficient (Wildman–Crippen LogP) is 5.12.